The molecule has 1 saturated heterocycles. The molecule has 0 amide bonds. The molecule has 0 spiro atoms. The lowest BCUT2D eigenvalue weighted by molar-refractivity contribution is 0.0967. The van der Waals surface area contributed by atoms with Crippen molar-refractivity contribution in [3.8, 4) is 6.07 Å². The van der Waals surface area contributed by atoms with Crippen LogP contribution in [0.1, 0.15) is 18.4 Å². The lowest BCUT2D eigenvalue weighted by Gasteiger charge is -2.30. The molecule has 4 heteroatoms. The molecule has 0 radical (unpaired) electrons. The summed E-state index contributed by atoms with van der Waals surface area (Å²) in [5, 5.41) is 19.8. The van der Waals surface area contributed by atoms with E-state index >= 15 is 0 Å². The Bertz CT molecular complexity index is 580. The topological polar surface area (TPSA) is 47.3 Å². The summed E-state index contributed by atoms with van der Waals surface area (Å²) in [5.41, 5.74) is 1.56. The second-order valence-corrected chi connectivity index (χ2v) is 6.47. The minimum absolute atomic E-state index is 0.196. The molecule has 19 heavy (non-hydrogen) atoms. The fraction of sp³-hybridized carbons (Fsp3) is 0.533. The zero-order valence-electron chi connectivity index (χ0n) is 10.5. The van der Waals surface area contributed by atoms with Gasteiger partial charge in [-0.05, 0) is 48.8 Å². The number of fused-ring (bicyclic) bond motifs is 1. The van der Waals surface area contributed by atoms with E-state index in [2.05, 4.69) is 11.0 Å². The molecule has 98 valence electrons. The molecule has 0 aromatic heterocycles. The van der Waals surface area contributed by atoms with Crippen molar-refractivity contribution in [1.82, 2.24) is 0 Å². The highest BCUT2D eigenvalue weighted by Gasteiger charge is 2.58. The van der Waals surface area contributed by atoms with Crippen LogP contribution in [0.4, 0.5) is 5.69 Å². The Hall–Kier alpha value is -1.24. The normalized spacial score (nSPS) is 38.8. The van der Waals surface area contributed by atoms with Crippen LogP contribution in [0.15, 0.2) is 18.2 Å². The fourth-order valence-electron chi connectivity index (χ4n) is 4.48. The monoisotopic (exact) mass is 274 g/mol. The summed E-state index contributed by atoms with van der Waals surface area (Å²) in [5.74, 6) is 1.88. The summed E-state index contributed by atoms with van der Waals surface area (Å²) >= 11 is 6.12. The van der Waals surface area contributed by atoms with Crippen molar-refractivity contribution in [3.63, 3.8) is 0 Å². The minimum Gasteiger partial charge on any atom is -0.391 e. The van der Waals surface area contributed by atoms with Gasteiger partial charge in [0.2, 0.25) is 0 Å². The van der Waals surface area contributed by atoms with Crippen LogP contribution in [0.2, 0.25) is 5.02 Å². The van der Waals surface area contributed by atoms with E-state index < -0.39 is 0 Å². The summed E-state index contributed by atoms with van der Waals surface area (Å²) in [6.07, 6.45) is 2.15. The van der Waals surface area contributed by atoms with E-state index in [1.165, 1.54) is 12.8 Å². The zero-order chi connectivity index (χ0) is 13.1. The van der Waals surface area contributed by atoms with Gasteiger partial charge in [0.15, 0.2) is 0 Å². The van der Waals surface area contributed by atoms with Crippen molar-refractivity contribution in [3.05, 3.63) is 28.8 Å². The Labute approximate surface area is 117 Å². The highest BCUT2D eigenvalue weighted by molar-refractivity contribution is 6.32. The van der Waals surface area contributed by atoms with Crippen LogP contribution >= 0.6 is 11.6 Å². The van der Waals surface area contributed by atoms with Crippen LogP contribution in [0.3, 0.4) is 0 Å². The number of nitrogens with zero attached hydrogens (tertiary/aromatic N) is 2. The molecule has 1 aromatic carbocycles. The summed E-state index contributed by atoms with van der Waals surface area (Å²) in [6, 6.07) is 7.94. The molecule has 0 unspecified atom stereocenters. The molecule has 1 N–H and O–H groups in total. The standard InChI is InChI=1S/C15H15ClN2O/c16-13-5-11(2-1-8(13)6-17)18-7-10-3-9-4-12(10)14(18)15(9)19/h1-2,5,9-10,12,14-15,19H,3-4,7H2/t9-,10-,12+,14-,15-/m0/s1. The van der Waals surface area contributed by atoms with E-state index in [1.54, 1.807) is 6.07 Å². The molecule has 2 bridgehead atoms. The predicted octanol–water partition coefficient (Wildman–Crippen LogP) is 2.42. The third-order valence-corrected chi connectivity index (χ3v) is 5.57. The molecule has 1 aliphatic heterocycles. The first-order chi connectivity index (χ1) is 9.19. The van der Waals surface area contributed by atoms with Crippen LogP contribution in [-0.4, -0.2) is 23.8 Å². The molecule has 2 saturated carbocycles. The van der Waals surface area contributed by atoms with Gasteiger partial charge >= 0.3 is 0 Å². The molecule has 3 aliphatic rings. The Kier molecular flexibility index (Phi) is 2.36. The van der Waals surface area contributed by atoms with Crippen LogP contribution < -0.4 is 4.90 Å². The Morgan fingerprint density at radius 3 is 2.84 bits per heavy atom. The molecule has 5 atom stereocenters. The number of anilines is 1. The minimum atomic E-state index is -0.196. The van der Waals surface area contributed by atoms with Gasteiger partial charge in [-0.2, -0.15) is 5.26 Å². The SMILES string of the molecule is N#Cc1ccc(N2C[C@@H]3C[C@H]4C[C@H]3[C@H]2[C@H]4O)cc1Cl. The van der Waals surface area contributed by atoms with E-state index in [4.69, 9.17) is 16.9 Å². The highest BCUT2D eigenvalue weighted by atomic mass is 35.5. The van der Waals surface area contributed by atoms with Gasteiger partial charge in [0.1, 0.15) is 6.07 Å². The van der Waals surface area contributed by atoms with E-state index in [9.17, 15) is 5.11 Å². The van der Waals surface area contributed by atoms with E-state index in [1.807, 2.05) is 12.1 Å². The number of halogens is 1. The number of hydrogen-bond acceptors (Lipinski definition) is 3. The Morgan fingerprint density at radius 2 is 2.16 bits per heavy atom. The van der Waals surface area contributed by atoms with Gasteiger partial charge in [-0.15, -0.1) is 0 Å². The number of aliphatic hydroxyl groups is 1. The average Bonchev–Trinajstić information content (AvgIpc) is 2.99. The van der Waals surface area contributed by atoms with E-state index in [0.29, 0.717) is 22.4 Å². The third kappa shape index (κ3) is 1.47. The first kappa shape index (κ1) is 11.6. The number of rotatable bonds is 1. The summed E-state index contributed by atoms with van der Waals surface area (Å²) in [4.78, 5) is 2.31. The molecule has 4 rings (SSSR count). The smallest absolute Gasteiger partial charge is 0.101 e. The maximum absolute atomic E-state index is 10.4. The van der Waals surface area contributed by atoms with Crippen molar-refractivity contribution in [1.29, 1.82) is 5.26 Å². The van der Waals surface area contributed by atoms with Crippen LogP contribution in [0.5, 0.6) is 0 Å². The Balaban J connectivity index is 1.71. The van der Waals surface area contributed by atoms with Crippen molar-refractivity contribution in [2.24, 2.45) is 17.8 Å². The fourth-order valence-corrected chi connectivity index (χ4v) is 4.70. The zero-order valence-corrected chi connectivity index (χ0v) is 11.2. The van der Waals surface area contributed by atoms with Gasteiger partial charge in [0, 0.05) is 12.2 Å². The van der Waals surface area contributed by atoms with Crippen molar-refractivity contribution in [2.75, 3.05) is 11.4 Å². The highest BCUT2D eigenvalue weighted by Crippen LogP contribution is 2.55. The quantitative estimate of drug-likeness (QED) is 0.856. The molecule has 3 nitrogen and oxygen atoms in total. The summed E-state index contributed by atoms with van der Waals surface area (Å²) in [7, 11) is 0. The van der Waals surface area contributed by atoms with Gasteiger partial charge < -0.3 is 10.0 Å². The van der Waals surface area contributed by atoms with Crippen molar-refractivity contribution in [2.45, 2.75) is 25.0 Å². The number of nitriles is 1. The maximum atomic E-state index is 10.4. The lowest BCUT2D eigenvalue weighted by atomic mass is 9.88. The molecule has 2 aliphatic carbocycles. The summed E-state index contributed by atoms with van der Waals surface area (Å²) < 4.78 is 0. The van der Waals surface area contributed by atoms with Crippen LogP contribution in [0, 0.1) is 29.1 Å². The first-order valence-electron chi connectivity index (χ1n) is 6.83. The van der Waals surface area contributed by atoms with Crippen LogP contribution in [0.25, 0.3) is 0 Å². The average molecular weight is 275 g/mol. The number of hydrogen-bond donors (Lipinski definition) is 1. The Morgan fingerprint density at radius 1 is 1.32 bits per heavy atom. The molecular formula is C15H15ClN2O. The maximum Gasteiger partial charge on any atom is 0.101 e. The largest absolute Gasteiger partial charge is 0.391 e. The molecule has 3 fully saturated rings. The van der Waals surface area contributed by atoms with Crippen molar-refractivity contribution >= 4 is 17.3 Å². The van der Waals surface area contributed by atoms with Gasteiger partial charge in [0.05, 0.1) is 22.7 Å². The second-order valence-electron chi connectivity index (χ2n) is 6.06. The first-order valence-corrected chi connectivity index (χ1v) is 7.21. The summed E-state index contributed by atoms with van der Waals surface area (Å²) in [6.45, 7) is 1.02. The molecule has 1 aromatic rings. The predicted molar refractivity (Wildman–Crippen MR) is 73.0 cm³/mol. The number of benzene rings is 1. The number of aliphatic hydroxyl groups excluding tert-OH is 1. The third-order valence-electron chi connectivity index (χ3n) is 5.25. The molecular weight excluding hydrogens is 260 g/mol. The lowest BCUT2D eigenvalue weighted by Crippen LogP contribution is -2.40. The van der Waals surface area contributed by atoms with E-state index in [-0.39, 0.29) is 12.1 Å². The van der Waals surface area contributed by atoms with Gasteiger partial charge in [-0.3, -0.25) is 0 Å². The van der Waals surface area contributed by atoms with Gasteiger partial charge in [-0.25, -0.2) is 0 Å². The van der Waals surface area contributed by atoms with Crippen molar-refractivity contribution < 1.29 is 5.11 Å². The van der Waals surface area contributed by atoms with E-state index in [0.717, 1.165) is 18.2 Å². The molecule has 1 heterocycles. The van der Waals surface area contributed by atoms with Gasteiger partial charge in [0.25, 0.3) is 0 Å². The second kappa shape index (κ2) is 3.88. The van der Waals surface area contributed by atoms with Crippen LogP contribution in [-0.2, 0) is 0 Å². The van der Waals surface area contributed by atoms with Gasteiger partial charge in [-0.1, -0.05) is 11.6 Å².